The summed E-state index contributed by atoms with van der Waals surface area (Å²) in [4.78, 5) is 23.4. The third kappa shape index (κ3) is 3.19. The second-order valence-corrected chi connectivity index (χ2v) is 3.82. The molecule has 0 unspecified atom stereocenters. The van der Waals surface area contributed by atoms with Crippen LogP contribution in [0.5, 0.6) is 0 Å². The second kappa shape index (κ2) is 6.00. The Morgan fingerprint density at radius 1 is 1.50 bits per heavy atom. The highest BCUT2D eigenvalue weighted by Crippen LogP contribution is 2.24. The van der Waals surface area contributed by atoms with Crippen molar-refractivity contribution in [2.75, 3.05) is 25.1 Å². The van der Waals surface area contributed by atoms with Crippen LogP contribution in [0.3, 0.4) is 0 Å². The van der Waals surface area contributed by atoms with Gasteiger partial charge in [0.05, 0.1) is 12.0 Å². The Morgan fingerprint density at radius 3 is 2.67 bits per heavy atom. The van der Waals surface area contributed by atoms with Crippen molar-refractivity contribution in [2.45, 2.75) is 13.8 Å². The molecule has 0 spiro atoms. The van der Waals surface area contributed by atoms with E-state index in [0.717, 1.165) is 0 Å². The highest BCUT2D eigenvalue weighted by Gasteiger charge is 2.15. The first-order valence-electron chi connectivity index (χ1n) is 5.56. The Morgan fingerprint density at radius 2 is 2.17 bits per heavy atom. The number of benzene rings is 1. The first-order chi connectivity index (χ1) is 8.49. The summed E-state index contributed by atoms with van der Waals surface area (Å²) in [6, 6.07) is 4.91. The van der Waals surface area contributed by atoms with E-state index in [2.05, 4.69) is 4.74 Å². The molecule has 1 aromatic rings. The molecule has 0 amide bonds. The van der Waals surface area contributed by atoms with Gasteiger partial charge in [-0.05, 0) is 19.9 Å². The molecule has 0 aliphatic heterocycles. The van der Waals surface area contributed by atoms with Crippen LogP contribution in [0, 0.1) is 17.0 Å². The van der Waals surface area contributed by atoms with Crippen molar-refractivity contribution in [3.8, 4) is 0 Å². The van der Waals surface area contributed by atoms with Crippen LogP contribution in [0.1, 0.15) is 12.5 Å². The molecule has 0 aliphatic carbocycles. The number of carbonyl (C=O) groups is 1. The van der Waals surface area contributed by atoms with E-state index in [0.29, 0.717) is 17.8 Å². The lowest BCUT2D eigenvalue weighted by molar-refractivity contribution is -0.385. The van der Waals surface area contributed by atoms with Crippen LogP contribution in [-0.4, -0.2) is 31.1 Å². The number of anilines is 1. The van der Waals surface area contributed by atoms with E-state index in [1.54, 1.807) is 24.0 Å². The molecule has 0 saturated heterocycles. The lowest BCUT2D eigenvalue weighted by Gasteiger charge is -2.21. The molecule has 1 aromatic carbocycles. The number of nitrogens with zero attached hydrogens (tertiary/aromatic N) is 2. The SMILES string of the molecule is CCN(CC(=O)OC)c1ccc(C)c([N+](=O)[O-])c1. The van der Waals surface area contributed by atoms with Crippen LogP contribution in [0.4, 0.5) is 11.4 Å². The van der Waals surface area contributed by atoms with Gasteiger partial charge in [-0.25, -0.2) is 0 Å². The summed E-state index contributed by atoms with van der Waals surface area (Å²) in [5, 5.41) is 10.9. The first kappa shape index (κ1) is 14.0. The number of methoxy groups -OCH3 is 1. The second-order valence-electron chi connectivity index (χ2n) is 3.82. The van der Waals surface area contributed by atoms with Crippen molar-refractivity contribution in [3.63, 3.8) is 0 Å². The number of rotatable bonds is 5. The molecule has 0 atom stereocenters. The number of nitro benzene ring substituents is 1. The Hall–Kier alpha value is -2.11. The van der Waals surface area contributed by atoms with E-state index >= 15 is 0 Å². The normalized spacial score (nSPS) is 9.94. The molecule has 18 heavy (non-hydrogen) atoms. The highest BCUT2D eigenvalue weighted by atomic mass is 16.6. The molecule has 6 heteroatoms. The van der Waals surface area contributed by atoms with Gasteiger partial charge in [0.15, 0.2) is 0 Å². The Kier molecular flexibility index (Phi) is 4.65. The first-order valence-corrected chi connectivity index (χ1v) is 5.56. The van der Waals surface area contributed by atoms with E-state index < -0.39 is 4.92 Å². The summed E-state index contributed by atoms with van der Waals surface area (Å²) in [5.74, 6) is -0.375. The summed E-state index contributed by atoms with van der Waals surface area (Å²) in [5.41, 5.74) is 1.29. The van der Waals surface area contributed by atoms with E-state index in [1.165, 1.54) is 13.2 Å². The van der Waals surface area contributed by atoms with E-state index in [-0.39, 0.29) is 18.2 Å². The van der Waals surface area contributed by atoms with Crippen molar-refractivity contribution in [1.82, 2.24) is 0 Å². The van der Waals surface area contributed by atoms with Gasteiger partial charge in [-0.15, -0.1) is 0 Å². The minimum Gasteiger partial charge on any atom is -0.468 e. The Labute approximate surface area is 105 Å². The van der Waals surface area contributed by atoms with Gasteiger partial charge in [-0.1, -0.05) is 6.07 Å². The third-order valence-corrected chi connectivity index (χ3v) is 2.68. The van der Waals surface area contributed by atoms with Gasteiger partial charge in [0.1, 0.15) is 6.54 Å². The molecule has 0 aliphatic rings. The highest BCUT2D eigenvalue weighted by molar-refractivity contribution is 5.76. The number of hydrogen-bond donors (Lipinski definition) is 0. The van der Waals surface area contributed by atoms with Crippen LogP contribution >= 0.6 is 0 Å². The number of nitro groups is 1. The molecule has 1 rings (SSSR count). The van der Waals surface area contributed by atoms with E-state index in [9.17, 15) is 14.9 Å². The number of carbonyl (C=O) groups excluding carboxylic acids is 1. The number of aryl methyl sites for hydroxylation is 1. The Balaban J connectivity index is 3.03. The molecule has 98 valence electrons. The monoisotopic (exact) mass is 252 g/mol. The lowest BCUT2D eigenvalue weighted by Crippen LogP contribution is -2.30. The van der Waals surface area contributed by atoms with Crippen LogP contribution in [-0.2, 0) is 9.53 Å². The summed E-state index contributed by atoms with van der Waals surface area (Å²) in [7, 11) is 1.31. The molecular formula is C12H16N2O4. The van der Waals surface area contributed by atoms with Gasteiger partial charge >= 0.3 is 5.97 Å². The van der Waals surface area contributed by atoms with Gasteiger partial charge in [0.25, 0.3) is 5.69 Å². The average Bonchev–Trinajstić information content (AvgIpc) is 2.36. The van der Waals surface area contributed by atoms with Gasteiger partial charge in [-0.3, -0.25) is 14.9 Å². The van der Waals surface area contributed by atoms with Gasteiger partial charge in [0.2, 0.25) is 0 Å². The van der Waals surface area contributed by atoms with Crippen molar-refractivity contribution >= 4 is 17.3 Å². The summed E-state index contributed by atoms with van der Waals surface area (Å²) >= 11 is 0. The minimum absolute atomic E-state index is 0.0517. The zero-order valence-corrected chi connectivity index (χ0v) is 10.7. The van der Waals surface area contributed by atoms with Crippen molar-refractivity contribution in [3.05, 3.63) is 33.9 Å². The largest absolute Gasteiger partial charge is 0.468 e. The summed E-state index contributed by atoms with van der Waals surface area (Å²) < 4.78 is 4.59. The van der Waals surface area contributed by atoms with Crippen LogP contribution in [0.2, 0.25) is 0 Å². The molecular weight excluding hydrogens is 236 g/mol. The standard InChI is InChI=1S/C12H16N2O4/c1-4-13(8-12(15)18-3)10-6-5-9(2)11(7-10)14(16)17/h5-7H,4,8H2,1-3H3. The maximum Gasteiger partial charge on any atom is 0.325 e. The predicted octanol–water partition coefficient (Wildman–Crippen LogP) is 1.90. The molecule has 6 nitrogen and oxygen atoms in total. The Bertz CT molecular complexity index is 459. The van der Waals surface area contributed by atoms with Gasteiger partial charge in [-0.2, -0.15) is 0 Å². The van der Waals surface area contributed by atoms with Crippen LogP contribution in [0.25, 0.3) is 0 Å². The number of hydrogen-bond acceptors (Lipinski definition) is 5. The number of likely N-dealkylation sites (N-methyl/N-ethyl adjacent to an activating group) is 1. The molecule has 0 saturated carbocycles. The van der Waals surface area contributed by atoms with Gasteiger partial charge in [0, 0.05) is 23.9 Å². The molecule has 0 bridgehead atoms. The predicted molar refractivity (Wildman–Crippen MR) is 67.7 cm³/mol. The smallest absolute Gasteiger partial charge is 0.325 e. The number of esters is 1. The number of ether oxygens (including phenoxy) is 1. The average molecular weight is 252 g/mol. The van der Waals surface area contributed by atoms with E-state index in [1.807, 2.05) is 6.92 Å². The van der Waals surface area contributed by atoms with Gasteiger partial charge < -0.3 is 9.64 Å². The maximum absolute atomic E-state index is 11.2. The lowest BCUT2D eigenvalue weighted by atomic mass is 10.1. The maximum atomic E-state index is 11.2. The zero-order valence-electron chi connectivity index (χ0n) is 10.7. The third-order valence-electron chi connectivity index (χ3n) is 2.68. The fourth-order valence-corrected chi connectivity index (χ4v) is 1.60. The van der Waals surface area contributed by atoms with Crippen molar-refractivity contribution < 1.29 is 14.5 Å². The molecule has 0 N–H and O–H groups in total. The topological polar surface area (TPSA) is 72.7 Å². The molecule has 0 aromatic heterocycles. The van der Waals surface area contributed by atoms with E-state index in [4.69, 9.17) is 0 Å². The van der Waals surface area contributed by atoms with Crippen molar-refractivity contribution in [2.24, 2.45) is 0 Å². The quantitative estimate of drug-likeness (QED) is 0.454. The summed E-state index contributed by atoms with van der Waals surface area (Å²) in [6.45, 7) is 4.19. The minimum atomic E-state index is -0.426. The van der Waals surface area contributed by atoms with Crippen LogP contribution in [0.15, 0.2) is 18.2 Å². The zero-order chi connectivity index (χ0) is 13.7. The molecule has 0 fully saturated rings. The van der Waals surface area contributed by atoms with Crippen LogP contribution < -0.4 is 4.90 Å². The molecule has 0 heterocycles. The fraction of sp³-hybridized carbons (Fsp3) is 0.417. The molecule has 0 radical (unpaired) electrons. The summed E-state index contributed by atoms with van der Waals surface area (Å²) in [6.07, 6.45) is 0. The van der Waals surface area contributed by atoms with Crippen molar-refractivity contribution in [1.29, 1.82) is 0 Å². The fourth-order valence-electron chi connectivity index (χ4n) is 1.60.